The summed E-state index contributed by atoms with van der Waals surface area (Å²) in [4.78, 5) is 14.0. The molecule has 7 atom stereocenters. The number of ketones is 1. The van der Waals surface area contributed by atoms with Gasteiger partial charge < -0.3 is 14.6 Å². The second-order valence-corrected chi connectivity index (χ2v) is 10.5. The topological polar surface area (TPSA) is 55.8 Å². The number of hydrogen-bond acceptors (Lipinski definition) is 4. The quantitative estimate of drug-likeness (QED) is 0.325. The summed E-state index contributed by atoms with van der Waals surface area (Å²) in [6, 6.07) is 0. The molecule has 1 N–H and O–H groups in total. The van der Waals surface area contributed by atoms with Crippen LogP contribution >= 0.6 is 15.9 Å². The Morgan fingerprint density at radius 1 is 1.30 bits per heavy atom. The molecule has 0 aromatic heterocycles. The van der Waals surface area contributed by atoms with Gasteiger partial charge in [0.15, 0.2) is 5.78 Å². The van der Waals surface area contributed by atoms with Crippen molar-refractivity contribution in [3.63, 3.8) is 0 Å². The van der Waals surface area contributed by atoms with E-state index in [2.05, 4.69) is 28.9 Å². The van der Waals surface area contributed by atoms with Gasteiger partial charge in [-0.05, 0) is 79.2 Å². The van der Waals surface area contributed by atoms with Crippen molar-refractivity contribution in [2.75, 3.05) is 20.5 Å². The molecule has 30 heavy (non-hydrogen) atoms. The first-order valence-corrected chi connectivity index (χ1v) is 12.3. The molecule has 0 amide bonds. The molecule has 0 unspecified atom stereocenters. The van der Waals surface area contributed by atoms with Crippen LogP contribution in [0.3, 0.4) is 0 Å². The molecule has 4 rings (SSSR count). The zero-order valence-corrected chi connectivity index (χ0v) is 19.8. The maximum absolute atomic E-state index is 12.0. The van der Waals surface area contributed by atoms with Crippen LogP contribution in [0.15, 0.2) is 34.9 Å². The van der Waals surface area contributed by atoms with Gasteiger partial charge in [-0.1, -0.05) is 46.7 Å². The van der Waals surface area contributed by atoms with E-state index in [1.807, 2.05) is 23.2 Å². The highest BCUT2D eigenvalue weighted by molar-refractivity contribution is 9.11. The number of carbonyl (C=O) groups excluding carboxylic acids is 1. The van der Waals surface area contributed by atoms with Crippen molar-refractivity contribution >= 4 is 21.7 Å². The van der Waals surface area contributed by atoms with Crippen LogP contribution in [0.1, 0.15) is 51.9 Å². The Hall–Kier alpha value is -0.750. The highest BCUT2D eigenvalue weighted by Gasteiger charge is 2.63. The van der Waals surface area contributed by atoms with Crippen molar-refractivity contribution in [1.29, 1.82) is 0 Å². The van der Waals surface area contributed by atoms with Gasteiger partial charge in [0.2, 0.25) is 0 Å². The second-order valence-electron chi connectivity index (χ2n) is 9.96. The molecule has 0 aromatic carbocycles. The lowest BCUT2D eigenvalue weighted by Gasteiger charge is -2.58. The van der Waals surface area contributed by atoms with Gasteiger partial charge in [0.25, 0.3) is 0 Å². The molecule has 4 aliphatic rings. The summed E-state index contributed by atoms with van der Waals surface area (Å²) in [6.45, 7) is 3.04. The van der Waals surface area contributed by atoms with E-state index in [-0.39, 0.29) is 12.2 Å². The first-order valence-electron chi connectivity index (χ1n) is 11.4. The summed E-state index contributed by atoms with van der Waals surface area (Å²) >= 11 is 3.53. The van der Waals surface area contributed by atoms with Crippen LogP contribution in [-0.4, -0.2) is 37.0 Å². The van der Waals surface area contributed by atoms with Crippen LogP contribution < -0.4 is 0 Å². The van der Waals surface area contributed by atoms with Crippen LogP contribution in [0.25, 0.3) is 0 Å². The van der Waals surface area contributed by atoms with Gasteiger partial charge in [0, 0.05) is 18.9 Å². The summed E-state index contributed by atoms with van der Waals surface area (Å²) in [5.74, 6) is 2.98. The van der Waals surface area contributed by atoms with Gasteiger partial charge in [-0.2, -0.15) is 0 Å². The minimum atomic E-state index is -0.796. The number of ether oxygens (including phenoxy) is 2. The minimum absolute atomic E-state index is 0.144. The van der Waals surface area contributed by atoms with Crippen molar-refractivity contribution in [1.82, 2.24) is 0 Å². The van der Waals surface area contributed by atoms with Gasteiger partial charge in [0.05, 0.1) is 12.2 Å². The summed E-state index contributed by atoms with van der Waals surface area (Å²) < 4.78 is 10.3. The largest absolute Gasteiger partial charge is 0.385 e. The fraction of sp³-hybridized carbons (Fsp3) is 0.720. The first kappa shape index (κ1) is 22.4. The third-order valence-corrected chi connectivity index (χ3v) is 9.00. The molecule has 0 radical (unpaired) electrons. The molecule has 0 spiro atoms. The van der Waals surface area contributed by atoms with E-state index in [1.165, 1.54) is 5.57 Å². The van der Waals surface area contributed by atoms with E-state index < -0.39 is 5.60 Å². The van der Waals surface area contributed by atoms with Crippen molar-refractivity contribution < 1.29 is 19.4 Å². The van der Waals surface area contributed by atoms with Gasteiger partial charge >= 0.3 is 0 Å². The molecule has 3 saturated carbocycles. The average molecular weight is 479 g/mol. The molecule has 4 aliphatic carbocycles. The number of fused-ring (bicyclic) bond motifs is 5. The number of carbonyl (C=O) groups is 1. The molecule has 0 saturated heterocycles. The Bertz CT molecular complexity index is 743. The molecule has 0 bridgehead atoms. The van der Waals surface area contributed by atoms with E-state index in [0.29, 0.717) is 48.4 Å². The van der Waals surface area contributed by atoms with E-state index in [4.69, 9.17) is 9.47 Å². The van der Waals surface area contributed by atoms with Crippen molar-refractivity contribution in [3.05, 3.63) is 34.9 Å². The Morgan fingerprint density at radius 3 is 2.90 bits per heavy atom. The third-order valence-electron chi connectivity index (χ3n) is 8.69. The lowest BCUT2D eigenvalue weighted by atomic mass is 9.47. The van der Waals surface area contributed by atoms with Crippen LogP contribution in [0.4, 0.5) is 0 Å². The maximum Gasteiger partial charge on any atom is 0.155 e. The smallest absolute Gasteiger partial charge is 0.155 e. The number of hydrogen-bond donors (Lipinski definition) is 1. The van der Waals surface area contributed by atoms with E-state index in [0.717, 1.165) is 38.5 Å². The van der Waals surface area contributed by atoms with Crippen molar-refractivity contribution in [3.8, 4) is 0 Å². The minimum Gasteiger partial charge on any atom is -0.385 e. The lowest BCUT2D eigenvalue weighted by Crippen LogP contribution is -2.55. The summed E-state index contributed by atoms with van der Waals surface area (Å²) in [5, 5.41) is 11.8. The monoisotopic (exact) mass is 478 g/mol. The second kappa shape index (κ2) is 9.01. The van der Waals surface area contributed by atoms with Gasteiger partial charge in [-0.25, -0.2) is 0 Å². The van der Waals surface area contributed by atoms with Crippen molar-refractivity contribution in [2.24, 2.45) is 35.0 Å². The Balaban J connectivity index is 1.61. The molecule has 4 nitrogen and oxygen atoms in total. The van der Waals surface area contributed by atoms with Crippen molar-refractivity contribution in [2.45, 2.75) is 57.5 Å². The zero-order chi connectivity index (χ0) is 21.4. The molecule has 0 heterocycles. The molecular formula is C25H35BrO4. The van der Waals surface area contributed by atoms with Crippen LogP contribution in [0.5, 0.6) is 0 Å². The van der Waals surface area contributed by atoms with Crippen LogP contribution in [0.2, 0.25) is 0 Å². The molecule has 166 valence electrons. The average Bonchev–Trinajstić information content (AvgIpc) is 2.98. The summed E-state index contributed by atoms with van der Waals surface area (Å²) in [7, 11) is 1.61. The highest BCUT2D eigenvalue weighted by atomic mass is 79.9. The fourth-order valence-corrected chi connectivity index (χ4v) is 7.82. The predicted octanol–water partition coefficient (Wildman–Crippen LogP) is 5.17. The lowest BCUT2D eigenvalue weighted by molar-refractivity contribution is -0.118. The van der Waals surface area contributed by atoms with Gasteiger partial charge in [0.1, 0.15) is 6.79 Å². The number of aliphatic hydroxyl groups is 1. The predicted molar refractivity (Wildman–Crippen MR) is 121 cm³/mol. The number of halogens is 1. The normalized spacial score (nSPS) is 43.5. The van der Waals surface area contributed by atoms with Gasteiger partial charge in [-0.3, -0.25) is 4.79 Å². The first-order chi connectivity index (χ1) is 14.4. The van der Waals surface area contributed by atoms with Crippen LogP contribution in [-0.2, 0) is 14.3 Å². The van der Waals surface area contributed by atoms with E-state index in [9.17, 15) is 9.90 Å². The molecule has 3 fully saturated rings. The molecule has 0 aromatic rings. The van der Waals surface area contributed by atoms with Crippen LogP contribution in [0, 0.1) is 35.0 Å². The number of allylic oxidation sites excluding steroid dienone is 2. The Morgan fingerprint density at radius 2 is 2.13 bits per heavy atom. The number of methoxy groups -OCH3 is 1. The maximum atomic E-state index is 12.0. The van der Waals surface area contributed by atoms with Gasteiger partial charge in [-0.15, -0.1) is 0 Å². The molecule has 0 aliphatic heterocycles. The molecule has 5 heteroatoms. The van der Waals surface area contributed by atoms with E-state index >= 15 is 0 Å². The number of rotatable bonds is 6. The Kier molecular flexibility index (Phi) is 6.74. The summed E-state index contributed by atoms with van der Waals surface area (Å²) in [6.07, 6.45) is 15.0. The summed E-state index contributed by atoms with van der Waals surface area (Å²) in [5.41, 5.74) is 0.456. The third kappa shape index (κ3) is 3.80. The standard InChI is InChI=1S/C25H35BrO4/c1-24-15-18(9-12-26)23-20-7-5-19(27)14-17(20)4-6-21(23)22(24)8-11-25(24,28)10-3-13-30-16-29-2/h3,9-10,12,14,18,20-23,28H,4-8,11,13,15-16H2,1-2H3/b10-3-,12-9-/t18-,20-,21-,22-,23+,24-,25-/m0/s1. The SMILES string of the molecule is COCOC/C=C\[C@]1(O)CC[C@H]2[C@@H]3CCC4=CC(=O)CC[C@@H]4[C@H]3[C@@H](/C=C\Br)C[C@@]21C. The zero-order valence-electron chi connectivity index (χ0n) is 18.2. The Labute approximate surface area is 188 Å². The fourth-order valence-electron chi connectivity index (χ4n) is 7.42. The molecular weight excluding hydrogens is 444 g/mol. The van der Waals surface area contributed by atoms with E-state index in [1.54, 1.807) is 7.11 Å². The highest BCUT2D eigenvalue weighted by Crippen LogP contribution is 2.66.